The van der Waals surface area contributed by atoms with Crippen molar-refractivity contribution in [3.05, 3.63) is 40.0 Å². The fourth-order valence-corrected chi connectivity index (χ4v) is 3.62. The molecule has 0 saturated heterocycles. The maximum Gasteiger partial charge on any atom is 0.228 e. The molecule has 104 valence electrons. The molecule has 2 aliphatic carbocycles. The zero-order valence-electron chi connectivity index (χ0n) is 10.6. The first-order valence-corrected chi connectivity index (χ1v) is 7.60. The van der Waals surface area contributed by atoms with Crippen LogP contribution in [0.1, 0.15) is 6.42 Å². The molecule has 1 aromatic carbocycles. The number of halogens is 1. The number of aliphatic carboxylic acids is 1. The van der Waals surface area contributed by atoms with Gasteiger partial charge in [0.1, 0.15) is 0 Å². The molecule has 1 aromatic rings. The number of carbonyl (C=O) groups is 2. The number of anilines is 1. The van der Waals surface area contributed by atoms with Gasteiger partial charge in [-0.25, -0.2) is 0 Å². The first-order valence-electron chi connectivity index (χ1n) is 6.52. The second-order valence-corrected chi connectivity index (χ2v) is 6.56. The fraction of sp³-hybridized carbons (Fsp3) is 0.333. The largest absolute Gasteiger partial charge is 0.550 e. The predicted molar refractivity (Wildman–Crippen MR) is 80.5 cm³/mol. The van der Waals surface area contributed by atoms with Crippen LogP contribution in [0, 0.1) is 27.2 Å². The van der Waals surface area contributed by atoms with Crippen LogP contribution in [0.15, 0.2) is 36.4 Å². The summed E-state index contributed by atoms with van der Waals surface area (Å²) in [4.78, 5) is 23.6. The average Bonchev–Trinajstić information content (AvgIpc) is 3.01. The summed E-state index contributed by atoms with van der Waals surface area (Å²) >= 11 is 2.19. The molecule has 5 heteroatoms. The predicted octanol–water partition coefficient (Wildman–Crippen LogP) is 1.42. The van der Waals surface area contributed by atoms with Crippen molar-refractivity contribution in [3.63, 3.8) is 0 Å². The maximum absolute atomic E-state index is 12.4. The van der Waals surface area contributed by atoms with Crippen LogP contribution >= 0.6 is 22.6 Å². The van der Waals surface area contributed by atoms with E-state index in [-0.39, 0.29) is 17.7 Å². The normalized spacial score (nSPS) is 30.4. The number of amides is 1. The van der Waals surface area contributed by atoms with Gasteiger partial charge in [-0.1, -0.05) is 12.2 Å². The smallest absolute Gasteiger partial charge is 0.228 e. The molecule has 0 aromatic heterocycles. The molecule has 0 unspecified atom stereocenters. The zero-order chi connectivity index (χ0) is 14.3. The van der Waals surface area contributed by atoms with Crippen molar-refractivity contribution in [3.8, 4) is 0 Å². The molecule has 0 spiro atoms. The number of carboxylic acid groups (broad SMARTS) is 1. The fourth-order valence-electron chi connectivity index (χ4n) is 3.26. The van der Waals surface area contributed by atoms with E-state index in [1.165, 1.54) is 0 Å². The van der Waals surface area contributed by atoms with Crippen molar-refractivity contribution >= 4 is 40.2 Å². The van der Waals surface area contributed by atoms with Crippen molar-refractivity contribution in [2.45, 2.75) is 6.42 Å². The van der Waals surface area contributed by atoms with Crippen molar-refractivity contribution < 1.29 is 14.7 Å². The number of allylic oxidation sites excluding steroid dienone is 2. The highest BCUT2D eigenvalue weighted by Gasteiger charge is 2.48. The maximum atomic E-state index is 12.4. The van der Waals surface area contributed by atoms with Gasteiger partial charge in [0.25, 0.3) is 0 Å². The highest BCUT2D eigenvalue weighted by Crippen LogP contribution is 2.48. The van der Waals surface area contributed by atoms with Crippen molar-refractivity contribution in [2.24, 2.45) is 23.7 Å². The van der Waals surface area contributed by atoms with Gasteiger partial charge in [0.2, 0.25) is 5.91 Å². The topological polar surface area (TPSA) is 69.2 Å². The third-order valence-corrected chi connectivity index (χ3v) is 4.87. The Morgan fingerprint density at radius 2 is 1.70 bits per heavy atom. The molecule has 1 N–H and O–H groups in total. The van der Waals surface area contributed by atoms with Crippen LogP contribution in [0.3, 0.4) is 0 Å². The Kier molecular flexibility index (Phi) is 3.54. The summed E-state index contributed by atoms with van der Waals surface area (Å²) < 4.78 is 1.08. The van der Waals surface area contributed by atoms with Crippen molar-refractivity contribution in [1.82, 2.24) is 0 Å². The highest BCUT2D eigenvalue weighted by molar-refractivity contribution is 14.1. The van der Waals surface area contributed by atoms with E-state index in [0.29, 0.717) is 5.69 Å². The molecule has 4 atom stereocenters. The summed E-state index contributed by atoms with van der Waals surface area (Å²) in [5.41, 5.74) is 0.694. The van der Waals surface area contributed by atoms with Gasteiger partial charge in [0.15, 0.2) is 0 Å². The second-order valence-electron chi connectivity index (χ2n) is 5.32. The lowest BCUT2D eigenvalue weighted by Gasteiger charge is -2.27. The molecule has 0 radical (unpaired) electrons. The monoisotopic (exact) mass is 382 g/mol. The molecule has 4 nitrogen and oxygen atoms in total. The number of carbonyl (C=O) groups excluding carboxylic acids is 2. The van der Waals surface area contributed by atoms with Gasteiger partial charge in [-0.05, 0) is 65.1 Å². The third-order valence-electron chi connectivity index (χ3n) is 4.15. The Morgan fingerprint density at radius 3 is 2.30 bits per heavy atom. The van der Waals surface area contributed by atoms with Crippen LogP contribution in [-0.2, 0) is 9.59 Å². The number of nitrogens with one attached hydrogen (secondary N) is 1. The molecule has 1 fully saturated rings. The number of hydrogen-bond acceptors (Lipinski definition) is 3. The number of benzene rings is 1. The SMILES string of the molecule is O=C([O-])[C@@H]1[C@@H](C(=O)Nc2ccc(I)cc2)[C@H]2C=C[C@H]1C2. The van der Waals surface area contributed by atoms with E-state index in [1.807, 2.05) is 36.4 Å². The van der Waals surface area contributed by atoms with Gasteiger partial charge in [-0.2, -0.15) is 0 Å². The molecule has 2 bridgehead atoms. The Hall–Kier alpha value is -1.37. The summed E-state index contributed by atoms with van der Waals surface area (Å²) in [6.07, 6.45) is 4.60. The highest BCUT2D eigenvalue weighted by atomic mass is 127. The van der Waals surface area contributed by atoms with Gasteiger partial charge < -0.3 is 15.2 Å². The Bertz CT molecular complexity index is 581. The number of hydrogen-bond donors (Lipinski definition) is 1. The van der Waals surface area contributed by atoms with Crippen molar-refractivity contribution in [1.29, 1.82) is 0 Å². The quantitative estimate of drug-likeness (QED) is 0.635. The van der Waals surface area contributed by atoms with E-state index in [0.717, 1.165) is 9.99 Å². The molecule has 0 aliphatic heterocycles. The van der Waals surface area contributed by atoms with Gasteiger partial charge in [0.05, 0.1) is 5.92 Å². The van der Waals surface area contributed by atoms with Crippen LogP contribution in [0.25, 0.3) is 0 Å². The Labute approximate surface area is 130 Å². The zero-order valence-corrected chi connectivity index (χ0v) is 12.7. The van der Waals surface area contributed by atoms with Crippen LogP contribution in [0.4, 0.5) is 5.69 Å². The summed E-state index contributed by atoms with van der Waals surface area (Å²) in [7, 11) is 0. The van der Waals surface area contributed by atoms with Gasteiger partial charge in [-0.15, -0.1) is 0 Å². The van der Waals surface area contributed by atoms with E-state index in [9.17, 15) is 14.7 Å². The minimum absolute atomic E-state index is 0.0201. The van der Waals surface area contributed by atoms with Crippen molar-refractivity contribution in [2.75, 3.05) is 5.32 Å². The van der Waals surface area contributed by atoms with E-state index in [1.54, 1.807) is 0 Å². The number of rotatable bonds is 3. The van der Waals surface area contributed by atoms with E-state index < -0.39 is 17.8 Å². The standard InChI is InChI=1S/C15H14INO3/c16-10-3-5-11(6-4-10)17-14(18)12-8-1-2-9(7-8)13(12)15(19)20/h1-6,8-9,12-13H,7H2,(H,17,18)(H,19,20)/p-1/t8-,9-,12-,13-/m0/s1. The van der Waals surface area contributed by atoms with E-state index in [2.05, 4.69) is 27.9 Å². The van der Waals surface area contributed by atoms with Gasteiger partial charge in [0, 0.05) is 21.1 Å². The molecular weight excluding hydrogens is 369 g/mol. The minimum Gasteiger partial charge on any atom is -0.550 e. The lowest BCUT2D eigenvalue weighted by molar-refractivity contribution is -0.313. The van der Waals surface area contributed by atoms with Crippen LogP contribution in [0.5, 0.6) is 0 Å². The number of fused-ring (bicyclic) bond motifs is 2. The first-order chi connectivity index (χ1) is 9.56. The second kappa shape index (κ2) is 5.20. The Balaban J connectivity index is 1.78. The van der Waals surface area contributed by atoms with Crippen LogP contribution in [0.2, 0.25) is 0 Å². The lowest BCUT2D eigenvalue weighted by atomic mass is 9.82. The molecule has 3 rings (SSSR count). The molecular formula is C15H13INO3-. The van der Waals surface area contributed by atoms with Crippen LogP contribution < -0.4 is 10.4 Å². The average molecular weight is 382 g/mol. The lowest BCUT2D eigenvalue weighted by Crippen LogP contribution is -2.42. The molecule has 0 heterocycles. The first kappa shape index (κ1) is 13.6. The minimum atomic E-state index is -1.12. The van der Waals surface area contributed by atoms with Gasteiger partial charge >= 0.3 is 0 Å². The molecule has 1 saturated carbocycles. The summed E-state index contributed by atoms with van der Waals surface area (Å²) in [5, 5.41) is 14.1. The third kappa shape index (κ3) is 2.34. The summed E-state index contributed by atoms with van der Waals surface area (Å²) in [6, 6.07) is 7.42. The molecule has 20 heavy (non-hydrogen) atoms. The van der Waals surface area contributed by atoms with E-state index in [4.69, 9.17) is 0 Å². The summed E-state index contributed by atoms with van der Waals surface area (Å²) in [6.45, 7) is 0. The van der Waals surface area contributed by atoms with Gasteiger partial charge in [-0.3, -0.25) is 4.79 Å². The Morgan fingerprint density at radius 1 is 1.10 bits per heavy atom. The van der Waals surface area contributed by atoms with E-state index >= 15 is 0 Å². The summed E-state index contributed by atoms with van der Waals surface area (Å²) in [5.74, 6) is -2.60. The molecule has 1 amide bonds. The number of carboxylic acids is 1. The van der Waals surface area contributed by atoms with Crippen LogP contribution in [-0.4, -0.2) is 11.9 Å². The molecule has 2 aliphatic rings.